The Labute approximate surface area is 150 Å². The van der Waals surface area contributed by atoms with Crippen molar-refractivity contribution in [2.24, 2.45) is 0 Å². The Balaban J connectivity index is 1.53. The van der Waals surface area contributed by atoms with Crippen LogP contribution in [0.5, 0.6) is 5.75 Å². The smallest absolute Gasteiger partial charge is 0.240 e. The monoisotopic (exact) mass is 374 g/mol. The van der Waals surface area contributed by atoms with Crippen molar-refractivity contribution in [1.82, 2.24) is 14.7 Å². The maximum absolute atomic E-state index is 12.2. The topological polar surface area (TPSA) is 113 Å². The molecule has 2 aromatic carbocycles. The molecule has 0 aliphatic carbocycles. The third-order valence-corrected chi connectivity index (χ3v) is 5.14. The summed E-state index contributed by atoms with van der Waals surface area (Å²) in [7, 11) is -2.18. The number of carbonyl (C=O) groups excluding carboxylic acids is 1. The van der Waals surface area contributed by atoms with Crippen LogP contribution in [0.15, 0.2) is 53.4 Å². The van der Waals surface area contributed by atoms with Gasteiger partial charge in [0, 0.05) is 13.0 Å². The van der Waals surface area contributed by atoms with E-state index in [1.54, 1.807) is 12.1 Å². The van der Waals surface area contributed by atoms with Crippen LogP contribution in [-0.2, 0) is 14.8 Å². The zero-order valence-corrected chi connectivity index (χ0v) is 14.8. The molecule has 0 fully saturated rings. The van der Waals surface area contributed by atoms with E-state index in [1.807, 2.05) is 24.3 Å². The van der Waals surface area contributed by atoms with Gasteiger partial charge in [0.05, 0.1) is 23.0 Å². The zero-order chi connectivity index (χ0) is 18.6. The lowest BCUT2D eigenvalue weighted by Crippen LogP contribution is -2.28. The highest BCUT2D eigenvalue weighted by molar-refractivity contribution is 7.89. The van der Waals surface area contributed by atoms with Gasteiger partial charge in [0.1, 0.15) is 5.75 Å². The summed E-state index contributed by atoms with van der Waals surface area (Å²) in [4.78, 5) is 19.3. The van der Waals surface area contributed by atoms with Gasteiger partial charge in [-0.05, 0) is 36.4 Å². The number of amides is 1. The van der Waals surface area contributed by atoms with E-state index >= 15 is 0 Å². The molecule has 1 amide bonds. The minimum absolute atomic E-state index is 0.0214. The molecule has 0 aliphatic rings. The predicted octanol–water partition coefficient (Wildman–Crippen LogP) is 1.88. The molecule has 0 atom stereocenters. The number of ether oxygens (including phenoxy) is 1. The number of nitrogens with one attached hydrogen (secondary N) is 3. The van der Waals surface area contributed by atoms with Crippen molar-refractivity contribution in [2.75, 3.05) is 19.0 Å². The first kappa shape index (κ1) is 17.9. The number of H-pyrrole nitrogens is 1. The number of hydrogen-bond acceptors (Lipinski definition) is 5. The highest BCUT2D eigenvalue weighted by atomic mass is 32.2. The summed E-state index contributed by atoms with van der Waals surface area (Å²) >= 11 is 0. The van der Waals surface area contributed by atoms with Gasteiger partial charge in [0.2, 0.25) is 21.9 Å². The number of aromatic nitrogens is 2. The average molecular weight is 374 g/mol. The minimum Gasteiger partial charge on any atom is -0.497 e. The molecule has 0 radical (unpaired) electrons. The van der Waals surface area contributed by atoms with Crippen molar-refractivity contribution in [1.29, 1.82) is 0 Å². The number of fused-ring (bicyclic) bond motifs is 1. The minimum atomic E-state index is -3.68. The molecule has 0 aliphatic heterocycles. The van der Waals surface area contributed by atoms with E-state index in [4.69, 9.17) is 4.74 Å². The Morgan fingerprint density at radius 3 is 2.58 bits per heavy atom. The Hall–Kier alpha value is -2.91. The number of methoxy groups -OCH3 is 1. The lowest BCUT2D eigenvalue weighted by Gasteiger charge is -2.07. The van der Waals surface area contributed by atoms with Gasteiger partial charge in [-0.25, -0.2) is 18.1 Å². The summed E-state index contributed by atoms with van der Waals surface area (Å²) in [6.45, 7) is -0.0274. The second kappa shape index (κ2) is 7.54. The number of sulfonamides is 1. The Morgan fingerprint density at radius 2 is 1.88 bits per heavy atom. The largest absolute Gasteiger partial charge is 0.497 e. The van der Waals surface area contributed by atoms with Gasteiger partial charge in [-0.2, -0.15) is 0 Å². The first-order valence-electron chi connectivity index (χ1n) is 7.86. The van der Waals surface area contributed by atoms with Crippen molar-refractivity contribution >= 4 is 32.9 Å². The third-order valence-electron chi connectivity index (χ3n) is 3.66. The molecule has 3 aromatic rings. The quantitative estimate of drug-likeness (QED) is 0.584. The first-order valence-corrected chi connectivity index (χ1v) is 9.34. The number of rotatable bonds is 7. The van der Waals surface area contributed by atoms with Crippen molar-refractivity contribution in [3.05, 3.63) is 48.5 Å². The fourth-order valence-corrected chi connectivity index (χ4v) is 3.38. The highest BCUT2D eigenvalue weighted by Gasteiger charge is 2.14. The van der Waals surface area contributed by atoms with Gasteiger partial charge < -0.3 is 9.72 Å². The SMILES string of the molecule is COc1ccc(S(=O)(=O)NCCC(=O)Nc2nc3ccccc3[nH]2)cc1. The van der Waals surface area contributed by atoms with Crippen molar-refractivity contribution in [3.8, 4) is 5.75 Å². The first-order chi connectivity index (χ1) is 12.5. The van der Waals surface area contributed by atoms with E-state index in [1.165, 1.54) is 19.2 Å². The van der Waals surface area contributed by atoms with Crippen LogP contribution in [0.3, 0.4) is 0 Å². The third kappa shape index (κ3) is 4.19. The van der Waals surface area contributed by atoms with Gasteiger partial charge in [-0.15, -0.1) is 0 Å². The summed E-state index contributed by atoms with van der Waals surface area (Å²) in [5.74, 6) is 0.546. The number of benzene rings is 2. The second-order valence-corrected chi connectivity index (χ2v) is 7.24. The summed E-state index contributed by atoms with van der Waals surface area (Å²) in [6, 6.07) is 13.4. The fraction of sp³-hybridized carbons (Fsp3) is 0.176. The molecular weight excluding hydrogens is 356 g/mol. The normalized spacial score (nSPS) is 11.4. The highest BCUT2D eigenvalue weighted by Crippen LogP contribution is 2.15. The molecule has 26 heavy (non-hydrogen) atoms. The van der Waals surface area contributed by atoms with Gasteiger partial charge in [-0.3, -0.25) is 10.1 Å². The van der Waals surface area contributed by atoms with Crippen LogP contribution in [0.4, 0.5) is 5.95 Å². The van der Waals surface area contributed by atoms with Crippen LogP contribution in [0.1, 0.15) is 6.42 Å². The summed E-state index contributed by atoms with van der Waals surface area (Å²) < 4.78 is 31.8. The van der Waals surface area contributed by atoms with E-state index < -0.39 is 10.0 Å². The average Bonchev–Trinajstić information content (AvgIpc) is 3.03. The van der Waals surface area contributed by atoms with E-state index in [9.17, 15) is 13.2 Å². The second-order valence-electron chi connectivity index (χ2n) is 5.47. The maximum atomic E-state index is 12.2. The van der Waals surface area contributed by atoms with Crippen molar-refractivity contribution < 1.29 is 17.9 Å². The Kier molecular flexibility index (Phi) is 5.19. The van der Waals surface area contributed by atoms with Crippen molar-refractivity contribution in [3.63, 3.8) is 0 Å². The number of aromatic amines is 1. The number of carbonyl (C=O) groups is 1. The molecule has 1 aromatic heterocycles. The van der Waals surface area contributed by atoms with Crippen LogP contribution in [0, 0.1) is 0 Å². The molecule has 136 valence electrons. The van der Waals surface area contributed by atoms with Crippen LogP contribution in [0.25, 0.3) is 11.0 Å². The summed E-state index contributed by atoms with van der Waals surface area (Å²) in [5, 5.41) is 2.62. The molecule has 0 saturated heterocycles. The summed E-state index contributed by atoms with van der Waals surface area (Å²) in [6.07, 6.45) is -0.0214. The molecule has 0 unspecified atom stereocenters. The Bertz CT molecular complexity index is 980. The molecular formula is C17H18N4O4S. The van der Waals surface area contributed by atoms with E-state index in [-0.39, 0.29) is 23.8 Å². The zero-order valence-electron chi connectivity index (χ0n) is 14.0. The lowest BCUT2D eigenvalue weighted by molar-refractivity contribution is -0.116. The molecule has 0 saturated carbocycles. The maximum Gasteiger partial charge on any atom is 0.240 e. The summed E-state index contributed by atoms with van der Waals surface area (Å²) in [5.41, 5.74) is 1.55. The molecule has 3 N–H and O–H groups in total. The van der Waals surface area contributed by atoms with Gasteiger partial charge >= 0.3 is 0 Å². The lowest BCUT2D eigenvalue weighted by atomic mass is 10.3. The number of para-hydroxylation sites is 2. The standard InChI is InChI=1S/C17H18N4O4S/c1-25-12-6-8-13(9-7-12)26(23,24)18-11-10-16(22)21-17-19-14-4-2-3-5-15(14)20-17/h2-9,18H,10-11H2,1H3,(H2,19,20,21,22). The number of imidazole rings is 1. The molecule has 8 nitrogen and oxygen atoms in total. The number of nitrogens with zero attached hydrogens (tertiary/aromatic N) is 1. The fourth-order valence-electron chi connectivity index (χ4n) is 2.34. The molecule has 0 bridgehead atoms. The molecule has 9 heteroatoms. The van der Waals surface area contributed by atoms with E-state index in [2.05, 4.69) is 20.0 Å². The van der Waals surface area contributed by atoms with Crippen LogP contribution >= 0.6 is 0 Å². The molecule has 3 rings (SSSR count). The number of anilines is 1. The van der Waals surface area contributed by atoms with Gasteiger partial charge in [0.15, 0.2) is 0 Å². The predicted molar refractivity (Wildman–Crippen MR) is 97.5 cm³/mol. The van der Waals surface area contributed by atoms with Crippen LogP contribution < -0.4 is 14.8 Å². The molecule has 1 heterocycles. The molecule has 0 spiro atoms. The Morgan fingerprint density at radius 1 is 1.15 bits per heavy atom. The van der Waals surface area contributed by atoms with Gasteiger partial charge in [0.25, 0.3) is 0 Å². The van der Waals surface area contributed by atoms with Crippen LogP contribution in [-0.4, -0.2) is 37.9 Å². The van der Waals surface area contributed by atoms with Crippen molar-refractivity contribution in [2.45, 2.75) is 11.3 Å². The number of hydrogen-bond donors (Lipinski definition) is 3. The van der Waals surface area contributed by atoms with Gasteiger partial charge in [-0.1, -0.05) is 12.1 Å². The van der Waals surface area contributed by atoms with Crippen LogP contribution in [0.2, 0.25) is 0 Å². The van der Waals surface area contributed by atoms with E-state index in [0.29, 0.717) is 11.7 Å². The van der Waals surface area contributed by atoms with E-state index in [0.717, 1.165) is 11.0 Å².